The van der Waals surface area contributed by atoms with Crippen molar-refractivity contribution in [2.45, 2.75) is 26.7 Å². The highest BCUT2D eigenvalue weighted by molar-refractivity contribution is 6.31. The predicted molar refractivity (Wildman–Crippen MR) is 77.2 cm³/mol. The van der Waals surface area contributed by atoms with Crippen molar-refractivity contribution in [3.63, 3.8) is 0 Å². The summed E-state index contributed by atoms with van der Waals surface area (Å²) in [7, 11) is 0. The van der Waals surface area contributed by atoms with E-state index >= 15 is 0 Å². The molecular formula is C14H18ClFN2O2. The number of amides is 2. The van der Waals surface area contributed by atoms with E-state index in [1.165, 1.54) is 30.0 Å². The summed E-state index contributed by atoms with van der Waals surface area (Å²) in [5.74, 6) is -1.03. The molecule has 0 aliphatic heterocycles. The smallest absolute Gasteiger partial charge is 0.243 e. The van der Waals surface area contributed by atoms with Crippen LogP contribution in [-0.2, 0) is 9.59 Å². The molecule has 0 saturated heterocycles. The van der Waals surface area contributed by atoms with Crippen LogP contribution in [-0.4, -0.2) is 29.8 Å². The van der Waals surface area contributed by atoms with Crippen LogP contribution in [0.5, 0.6) is 0 Å². The van der Waals surface area contributed by atoms with Crippen LogP contribution >= 0.6 is 11.6 Å². The second-order valence-corrected chi connectivity index (χ2v) is 4.88. The third-order valence-electron chi connectivity index (χ3n) is 2.76. The Morgan fingerprint density at radius 2 is 2.10 bits per heavy atom. The number of rotatable bonds is 6. The Balaban J connectivity index is 2.60. The summed E-state index contributed by atoms with van der Waals surface area (Å²) in [6.45, 7) is 3.96. The lowest BCUT2D eigenvalue weighted by molar-refractivity contribution is -0.132. The van der Waals surface area contributed by atoms with Gasteiger partial charge in [0.2, 0.25) is 11.8 Å². The topological polar surface area (TPSA) is 49.4 Å². The molecule has 0 heterocycles. The summed E-state index contributed by atoms with van der Waals surface area (Å²) in [6.07, 6.45) is 1.79. The molecule has 0 aliphatic rings. The number of unbranched alkanes of at least 4 members (excludes halogenated alkanes) is 1. The Labute approximate surface area is 122 Å². The fraction of sp³-hybridized carbons (Fsp3) is 0.429. The number of halogens is 2. The first-order valence-electron chi connectivity index (χ1n) is 6.44. The van der Waals surface area contributed by atoms with Gasteiger partial charge in [-0.25, -0.2) is 4.39 Å². The van der Waals surface area contributed by atoms with Crippen LogP contribution in [0.1, 0.15) is 26.7 Å². The van der Waals surface area contributed by atoms with Gasteiger partial charge in [-0.05, 0) is 24.6 Å². The maximum Gasteiger partial charge on any atom is 0.243 e. The van der Waals surface area contributed by atoms with Crippen molar-refractivity contribution >= 4 is 29.1 Å². The van der Waals surface area contributed by atoms with Crippen molar-refractivity contribution in [2.24, 2.45) is 0 Å². The van der Waals surface area contributed by atoms with Crippen LogP contribution in [0.2, 0.25) is 5.02 Å². The van der Waals surface area contributed by atoms with Crippen molar-refractivity contribution in [1.82, 2.24) is 4.90 Å². The summed E-state index contributed by atoms with van der Waals surface area (Å²) < 4.78 is 13.0. The summed E-state index contributed by atoms with van der Waals surface area (Å²) in [5.41, 5.74) is 0.403. The number of anilines is 1. The Kier molecular flexibility index (Phi) is 6.45. The molecule has 0 bridgehead atoms. The standard InChI is InChI=1S/C14H18ClFN2O2/c1-3-4-7-18(10(2)19)9-14(20)17-11-5-6-13(16)12(15)8-11/h5-6,8H,3-4,7,9H2,1-2H3,(H,17,20). The molecule has 0 spiro atoms. The quantitative estimate of drug-likeness (QED) is 0.878. The number of hydrogen-bond donors (Lipinski definition) is 1. The van der Waals surface area contributed by atoms with E-state index in [-0.39, 0.29) is 23.4 Å². The highest BCUT2D eigenvalue weighted by Gasteiger charge is 2.13. The van der Waals surface area contributed by atoms with Gasteiger partial charge in [0.25, 0.3) is 0 Å². The van der Waals surface area contributed by atoms with Crippen LogP contribution in [0.4, 0.5) is 10.1 Å². The van der Waals surface area contributed by atoms with E-state index in [2.05, 4.69) is 5.32 Å². The lowest BCUT2D eigenvalue weighted by Gasteiger charge is -2.20. The minimum atomic E-state index is -0.544. The molecule has 6 heteroatoms. The average Bonchev–Trinajstić information content (AvgIpc) is 2.38. The molecule has 0 unspecified atom stereocenters. The molecule has 0 fully saturated rings. The molecule has 0 radical (unpaired) electrons. The molecule has 2 amide bonds. The van der Waals surface area contributed by atoms with Gasteiger partial charge in [0.1, 0.15) is 5.82 Å². The molecule has 0 aliphatic carbocycles. The van der Waals surface area contributed by atoms with E-state index in [1.54, 1.807) is 0 Å². The molecule has 4 nitrogen and oxygen atoms in total. The van der Waals surface area contributed by atoms with Crippen LogP contribution in [0, 0.1) is 5.82 Å². The zero-order valence-corrected chi connectivity index (χ0v) is 12.3. The normalized spacial score (nSPS) is 10.2. The molecule has 110 valence electrons. The average molecular weight is 301 g/mol. The van der Waals surface area contributed by atoms with E-state index in [9.17, 15) is 14.0 Å². The molecular weight excluding hydrogens is 283 g/mol. The SMILES string of the molecule is CCCCN(CC(=O)Nc1ccc(F)c(Cl)c1)C(C)=O. The van der Waals surface area contributed by atoms with Crippen molar-refractivity contribution in [3.05, 3.63) is 29.0 Å². The van der Waals surface area contributed by atoms with Gasteiger partial charge in [0.05, 0.1) is 11.6 Å². The van der Waals surface area contributed by atoms with E-state index in [0.29, 0.717) is 12.2 Å². The van der Waals surface area contributed by atoms with Crippen LogP contribution < -0.4 is 5.32 Å². The molecule has 0 aromatic heterocycles. The highest BCUT2D eigenvalue weighted by Crippen LogP contribution is 2.19. The van der Waals surface area contributed by atoms with E-state index in [0.717, 1.165) is 12.8 Å². The van der Waals surface area contributed by atoms with Gasteiger partial charge in [-0.1, -0.05) is 24.9 Å². The van der Waals surface area contributed by atoms with Gasteiger partial charge in [0, 0.05) is 19.2 Å². The van der Waals surface area contributed by atoms with E-state index in [4.69, 9.17) is 11.6 Å². The second kappa shape index (κ2) is 7.85. The van der Waals surface area contributed by atoms with Crippen LogP contribution in [0.25, 0.3) is 0 Å². The lowest BCUT2D eigenvalue weighted by Crippen LogP contribution is -2.37. The third kappa shape index (κ3) is 5.17. The van der Waals surface area contributed by atoms with E-state index in [1.807, 2.05) is 6.92 Å². The Bertz CT molecular complexity index is 494. The van der Waals surface area contributed by atoms with Gasteiger partial charge < -0.3 is 10.2 Å². The van der Waals surface area contributed by atoms with Gasteiger partial charge in [-0.3, -0.25) is 9.59 Å². The third-order valence-corrected chi connectivity index (χ3v) is 3.05. The fourth-order valence-electron chi connectivity index (χ4n) is 1.64. The first kappa shape index (κ1) is 16.4. The first-order valence-corrected chi connectivity index (χ1v) is 6.82. The first-order chi connectivity index (χ1) is 9.43. The second-order valence-electron chi connectivity index (χ2n) is 4.47. The van der Waals surface area contributed by atoms with Crippen LogP contribution in [0.3, 0.4) is 0 Å². The van der Waals surface area contributed by atoms with Gasteiger partial charge in [-0.2, -0.15) is 0 Å². The Morgan fingerprint density at radius 1 is 1.40 bits per heavy atom. The maximum atomic E-state index is 13.0. The summed E-state index contributed by atoms with van der Waals surface area (Å²) in [4.78, 5) is 24.7. The summed E-state index contributed by atoms with van der Waals surface area (Å²) in [5, 5.41) is 2.53. The molecule has 1 N–H and O–H groups in total. The molecule has 1 aromatic rings. The predicted octanol–water partition coefficient (Wildman–Crippen LogP) is 3.07. The number of benzene rings is 1. The Hall–Kier alpha value is -1.62. The number of carbonyl (C=O) groups is 2. The van der Waals surface area contributed by atoms with Gasteiger partial charge >= 0.3 is 0 Å². The Morgan fingerprint density at radius 3 is 2.65 bits per heavy atom. The van der Waals surface area contributed by atoms with Gasteiger partial charge in [-0.15, -0.1) is 0 Å². The van der Waals surface area contributed by atoms with Crippen molar-refractivity contribution in [1.29, 1.82) is 0 Å². The molecule has 0 saturated carbocycles. The number of carbonyl (C=O) groups excluding carboxylic acids is 2. The molecule has 0 atom stereocenters. The summed E-state index contributed by atoms with van der Waals surface area (Å²) in [6, 6.07) is 3.93. The highest BCUT2D eigenvalue weighted by atomic mass is 35.5. The molecule has 1 rings (SSSR count). The lowest BCUT2D eigenvalue weighted by atomic mass is 10.3. The van der Waals surface area contributed by atoms with Crippen molar-refractivity contribution in [3.8, 4) is 0 Å². The molecule has 1 aromatic carbocycles. The number of nitrogens with zero attached hydrogens (tertiary/aromatic N) is 1. The fourth-order valence-corrected chi connectivity index (χ4v) is 1.83. The van der Waals surface area contributed by atoms with Gasteiger partial charge in [0.15, 0.2) is 0 Å². The molecule has 20 heavy (non-hydrogen) atoms. The van der Waals surface area contributed by atoms with Crippen LogP contribution in [0.15, 0.2) is 18.2 Å². The summed E-state index contributed by atoms with van der Waals surface area (Å²) >= 11 is 5.63. The zero-order valence-electron chi connectivity index (χ0n) is 11.6. The van der Waals surface area contributed by atoms with Crippen molar-refractivity contribution < 1.29 is 14.0 Å². The van der Waals surface area contributed by atoms with Crippen molar-refractivity contribution in [2.75, 3.05) is 18.4 Å². The maximum absolute atomic E-state index is 13.0. The van der Waals surface area contributed by atoms with E-state index < -0.39 is 5.82 Å². The minimum Gasteiger partial charge on any atom is -0.334 e. The zero-order chi connectivity index (χ0) is 15.1. The number of hydrogen-bond acceptors (Lipinski definition) is 2. The largest absolute Gasteiger partial charge is 0.334 e. The minimum absolute atomic E-state index is 0.0235. The number of nitrogens with one attached hydrogen (secondary N) is 1. The monoisotopic (exact) mass is 300 g/mol.